The van der Waals surface area contributed by atoms with Gasteiger partial charge in [-0.2, -0.15) is 0 Å². The lowest BCUT2D eigenvalue weighted by Crippen LogP contribution is -1.92. The number of rotatable bonds is 3. The minimum absolute atomic E-state index is 0.0178. The van der Waals surface area contributed by atoms with Crippen molar-refractivity contribution < 1.29 is 4.79 Å². The van der Waals surface area contributed by atoms with Gasteiger partial charge in [-0.15, -0.1) is 11.8 Å². The molecule has 0 bridgehead atoms. The van der Waals surface area contributed by atoms with Crippen LogP contribution in [0.5, 0.6) is 0 Å². The van der Waals surface area contributed by atoms with E-state index in [4.69, 9.17) is 5.73 Å². The van der Waals surface area contributed by atoms with Crippen molar-refractivity contribution in [2.75, 3.05) is 11.5 Å². The second-order valence-electron chi connectivity index (χ2n) is 2.18. The Labute approximate surface area is 83.7 Å². The number of benzene rings is 1. The first kappa shape index (κ1) is 9.61. The average Bonchev–Trinajstić information content (AvgIpc) is 2.03. The predicted octanol–water partition coefficient (Wildman–Crippen LogP) is 2.28. The maximum Gasteiger partial charge on any atom is 0.208 e. The second-order valence-corrected chi connectivity index (χ2v) is 4.08. The number of thioether (sulfide) groups is 1. The Balaban J connectivity index is 2.63. The molecule has 0 fully saturated rings. The third-order valence-corrected chi connectivity index (χ3v) is 3.00. The summed E-state index contributed by atoms with van der Waals surface area (Å²) in [6.07, 6.45) is 0. The van der Waals surface area contributed by atoms with Gasteiger partial charge in [0.2, 0.25) is 4.69 Å². The maximum atomic E-state index is 10.6. The molecule has 0 radical (unpaired) electrons. The largest absolute Gasteiger partial charge is 0.398 e. The summed E-state index contributed by atoms with van der Waals surface area (Å²) in [5, 5.41) is 0. The molecule has 2 nitrogen and oxygen atoms in total. The second kappa shape index (κ2) is 4.52. The SMILES string of the molecule is Nc1ccccc1SCC(=O)Br. The Bertz CT molecular complexity index is 290. The highest BCUT2D eigenvalue weighted by Gasteiger charge is 2.00. The zero-order chi connectivity index (χ0) is 8.97. The zero-order valence-corrected chi connectivity index (χ0v) is 8.69. The Kier molecular flexibility index (Phi) is 3.62. The summed E-state index contributed by atoms with van der Waals surface area (Å²) in [5.41, 5.74) is 6.38. The Morgan fingerprint density at radius 3 is 2.75 bits per heavy atom. The first-order valence-corrected chi connectivity index (χ1v) is 5.13. The summed E-state index contributed by atoms with van der Waals surface area (Å²) in [6.45, 7) is 0. The van der Waals surface area contributed by atoms with Gasteiger partial charge < -0.3 is 5.73 Å². The summed E-state index contributed by atoms with van der Waals surface area (Å²) in [4.78, 5) is 11.5. The minimum Gasteiger partial charge on any atom is -0.398 e. The molecule has 0 heterocycles. The smallest absolute Gasteiger partial charge is 0.208 e. The molecular formula is C8H8BrNOS. The molecule has 0 aromatic heterocycles. The molecule has 0 amide bonds. The molecule has 64 valence electrons. The highest BCUT2D eigenvalue weighted by molar-refractivity contribution is 9.18. The van der Waals surface area contributed by atoms with Gasteiger partial charge in [-0.3, -0.25) is 4.79 Å². The fourth-order valence-electron chi connectivity index (χ4n) is 0.746. The quantitative estimate of drug-likeness (QED) is 0.505. The van der Waals surface area contributed by atoms with Gasteiger partial charge in [-0.1, -0.05) is 12.1 Å². The van der Waals surface area contributed by atoms with E-state index >= 15 is 0 Å². The summed E-state index contributed by atoms with van der Waals surface area (Å²) in [6, 6.07) is 7.49. The lowest BCUT2D eigenvalue weighted by Gasteiger charge is -2.01. The minimum atomic E-state index is -0.0178. The van der Waals surface area contributed by atoms with E-state index in [0.717, 1.165) is 10.6 Å². The molecule has 2 N–H and O–H groups in total. The first-order chi connectivity index (χ1) is 5.70. The lowest BCUT2D eigenvalue weighted by atomic mass is 10.3. The van der Waals surface area contributed by atoms with E-state index in [0.29, 0.717) is 5.75 Å². The van der Waals surface area contributed by atoms with Crippen molar-refractivity contribution in [2.24, 2.45) is 0 Å². The third-order valence-electron chi connectivity index (χ3n) is 1.26. The molecule has 0 saturated heterocycles. The zero-order valence-electron chi connectivity index (χ0n) is 6.29. The fraction of sp³-hybridized carbons (Fsp3) is 0.125. The highest BCUT2D eigenvalue weighted by atomic mass is 79.9. The van der Waals surface area contributed by atoms with E-state index < -0.39 is 0 Å². The molecule has 4 heteroatoms. The number of carbonyl (C=O) groups is 1. The highest BCUT2D eigenvalue weighted by Crippen LogP contribution is 2.24. The Morgan fingerprint density at radius 1 is 1.50 bits per heavy atom. The molecule has 0 aliphatic rings. The molecule has 1 aromatic rings. The van der Waals surface area contributed by atoms with Crippen molar-refractivity contribution in [1.82, 2.24) is 0 Å². The van der Waals surface area contributed by atoms with Gasteiger partial charge in [0.15, 0.2) is 0 Å². The topological polar surface area (TPSA) is 43.1 Å². The first-order valence-electron chi connectivity index (χ1n) is 3.36. The van der Waals surface area contributed by atoms with Crippen LogP contribution in [0.2, 0.25) is 0 Å². The lowest BCUT2D eigenvalue weighted by molar-refractivity contribution is -0.108. The molecule has 12 heavy (non-hydrogen) atoms. The van der Waals surface area contributed by atoms with Crippen molar-refractivity contribution in [1.29, 1.82) is 0 Å². The van der Waals surface area contributed by atoms with E-state index in [2.05, 4.69) is 15.9 Å². The molecule has 1 aromatic carbocycles. The molecule has 0 unspecified atom stereocenters. The molecular weight excluding hydrogens is 238 g/mol. The fourth-order valence-corrected chi connectivity index (χ4v) is 1.77. The van der Waals surface area contributed by atoms with E-state index in [1.165, 1.54) is 11.8 Å². The number of para-hydroxylation sites is 1. The Hall–Kier alpha value is -0.480. The number of hydrogen-bond donors (Lipinski definition) is 1. The summed E-state index contributed by atoms with van der Waals surface area (Å²) in [5.74, 6) is 0.411. The number of nitrogen functional groups attached to an aromatic ring is 1. The monoisotopic (exact) mass is 245 g/mol. The van der Waals surface area contributed by atoms with Gasteiger partial charge >= 0.3 is 0 Å². The third kappa shape index (κ3) is 2.87. The molecule has 0 atom stereocenters. The van der Waals surface area contributed by atoms with Gasteiger partial charge in [0, 0.05) is 10.6 Å². The van der Waals surface area contributed by atoms with Crippen LogP contribution in [0.1, 0.15) is 0 Å². The van der Waals surface area contributed by atoms with Crippen molar-refractivity contribution in [3.63, 3.8) is 0 Å². The van der Waals surface area contributed by atoms with Gasteiger partial charge in [0.1, 0.15) is 0 Å². The van der Waals surface area contributed by atoms with E-state index in [-0.39, 0.29) is 4.69 Å². The summed E-state index contributed by atoms with van der Waals surface area (Å²) >= 11 is 4.29. The standard InChI is InChI=1S/C8H8BrNOS/c9-8(11)5-12-7-4-2-1-3-6(7)10/h1-4H,5,10H2. The van der Waals surface area contributed by atoms with Crippen LogP contribution in [0.3, 0.4) is 0 Å². The van der Waals surface area contributed by atoms with Crippen molar-refractivity contribution in [3.05, 3.63) is 24.3 Å². The van der Waals surface area contributed by atoms with Crippen LogP contribution in [0.15, 0.2) is 29.2 Å². The number of halogens is 1. The molecule has 0 saturated carbocycles. The molecule has 0 aliphatic heterocycles. The molecule has 0 aliphatic carbocycles. The van der Waals surface area contributed by atoms with Crippen LogP contribution < -0.4 is 5.73 Å². The van der Waals surface area contributed by atoms with Gasteiger partial charge in [-0.25, -0.2) is 0 Å². The van der Waals surface area contributed by atoms with Gasteiger partial charge in [0.05, 0.1) is 5.75 Å². The number of hydrogen-bond acceptors (Lipinski definition) is 3. The van der Waals surface area contributed by atoms with E-state index in [1.807, 2.05) is 24.3 Å². The van der Waals surface area contributed by atoms with Gasteiger partial charge in [-0.05, 0) is 28.1 Å². The molecule has 0 spiro atoms. The van der Waals surface area contributed by atoms with Crippen LogP contribution in [0.25, 0.3) is 0 Å². The van der Waals surface area contributed by atoms with Crippen LogP contribution in [0, 0.1) is 0 Å². The molecule has 1 rings (SSSR count). The van der Waals surface area contributed by atoms with Crippen molar-refractivity contribution >= 4 is 38.1 Å². The number of anilines is 1. The van der Waals surface area contributed by atoms with Crippen LogP contribution in [0.4, 0.5) is 5.69 Å². The van der Waals surface area contributed by atoms with Gasteiger partial charge in [0.25, 0.3) is 0 Å². The normalized spacial score (nSPS) is 9.75. The van der Waals surface area contributed by atoms with E-state index in [9.17, 15) is 4.79 Å². The van der Waals surface area contributed by atoms with Crippen molar-refractivity contribution in [3.8, 4) is 0 Å². The predicted molar refractivity (Wildman–Crippen MR) is 55.5 cm³/mol. The average molecular weight is 246 g/mol. The summed E-state index contributed by atoms with van der Waals surface area (Å²) < 4.78 is -0.0178. The number of nitrogens with two attached hydrogens (primary N) is 1. The van der Waals surface area contributed by atoms with Crippen LogP contribution in [-0.4, -0.2) is 10.4 Å². The maximum absolute atomic E-state index is 10.6. The summed E-state index contributed by atoms with van der Waals surface area (Å²) in [7, 11) is 0. The number of carbonyl (C=O) groups excluding carboxylic acids is 1. The van der Waals surface area contributed by atoms with Crippen LogP contribution in [-0.2, 0) is 4.79 Å². The van der Waals surface area contributed by atoms with Crippen LogP contribution >= 0.6 is 27.7 Å². The van der Waals surface area contributed by atoms with Crippen molar-refractivity contribution in [2.45, 2.75) is 4.90 Å². The van der Waals surface area contributed by atoms with E-state index in [1.54, 1.807) is 0 Å². The Morgan fingerprint density at radius 2 is 2.17 bits per heavy atom.